The summed E-state index contributed by atoms with van der Waals surface area (Å²) in [5.41, 5.74) is 6.62. The molecule has 0 spiro atoms. The molecule has 0 nitrogen and oxygen atoms in total. The maximum atomic E-state index is 3.47. The Morgan fingerprint density at radius 1 is 0.719 bits per heavy atom. The second-order valence-corrected chi connectivity index (χ2v) is 9.80. The summed E-state index contributed by atoms with van der Waals surface area (Å²) < 4.78 is 0. The van der Waals surface area contributed by atoms with E-state index in [1.807, 2.05) is 6.88 Å². The van der Waals surface area contributed by atoms with Crippen LogP contribution in [-0.2, 0) is 23.3 Å². The standard InChI is InChI=1S/2C13H21.2CH3.2ClH.H2Si.Zr/c2*1-5-6-7-11-8-9-12(10-11)13(2,3)4;;;;;;/h2*10H,5-7,9H2,1-4H3;2*1H3;2*1H;1H2;/q4*-1;;;;. The van der Waals surface area contributed by atoms with Gasteiger partial charge in [-0.3, -0.25) is 12.2 Å². The molecule has 2 aliphatic rings. The van der Waals surface area contributed by atoms with Crippen LogP contribution in [-0.4, -0.2) is 6.88 Å². The quantitative estimate of drug-likeness (QED) is 0.218. The third-order valence-electron chi connectivity index (χ3n) is 5.23. The van der Waals surface area contributed by atoms with Crippen molar-refractivity contribution in [2.24, 2.45) is 10.8 Å². The summed E-state index contributed by atoms with van der Waals surface area (Å²) in [6.45, 7) is 20.1. The van der Waals surface area contributed by atoms with E-state index >= 15 is 0 Å². The van der Waals surface area contributed by atoms with E-state index in [9.17, 15) is 0 Å². The Bertz CT molecular complexity index is 536. The zero-order chi connectivity index (χ0) is 21.8. The van der Waals surface area contributed by atoms with Gasteiger partial charge in [-0.15, -0.1) is 37.7 Å². The average molecular weight is 579 g/mol. The van der Waals surface area contributed by atoms with Crippen LogP contribution < -0.4 is 0 Å². The first-order valence-electron chi connectivity index (χ1n) is 11.0. The first kappa shape index (κ1) is 42.8. The van der Waals surface area contributed by atoms with E-state index in [4.69, 9.17) is 0 Å². The SMILES string of the molecule is CCCCC1=[C-]CC(C(C)(C)C)=C1.CCCCC1=[C-]CC(C(C)(C)C)=C1.Cl.Cl.[CH3-].[CH3-].[SiH2]=[Zr]. The Hall–Kier alpha value is 0.640. The van der Waals surface area contributed by atoms with Crippen LogP contribution in [0.4, 0.5) is 0 Å². The molecule has 0 bridgehead atoms. The number of unbranched alkanes of at least 4 members (excludes halogenated alkanes) is 2. The maximum absolute atomic E-state index is 3.47. The van der Waals surface area contributed by atoms with Gasteiger partial charge in [0.05, 0.1) is 0 Å². The van der Waals surface area contributed by atoms with Crippen LogP contribution in [0.1, 0.15) is 107 Å². The van der Waals surface area contributed by atoms with E-state index in [2.05, 4.69) is 79.7 Å². The van der Waals surface area contributed by atoms with E-state index in [1.165, 1.54) is 49.7 Å². The molecule has 0 unspecified atom stereocenters. The number of hydrogen-bond donors (Lipinski definition) is 0. The summed E-state index contributed by atoms with van der Waals surface area (Å²) in [7, 11) is 0. The van der Waals surface area contributed by atoms with Crippen LogP contribution in [0.3, 0.4) is 0 Å². The van der Waals surface area contributed by atoms with Crippen molar-refractivity contribution in [3.63, 3.8) is 0 Å². The molecular formula is C28H52Cl2SiZr-4. The second-order valence-electron chi connectivity index (χ2n) is 9.80. The van der Waals surface area contributed by atoms with Crippen LogP contribution in [0.25, 0.3) is 0 Å². The Balaban J connectivity index is -0.000000126. The summed E-state index contributed by atoms with van der Waals surface area (Å²) in [6, 6.07) is 0. The van der Waals surface area contributed by atoms with Gasteiger partial charge in [-0.2, -0.15) is 11.1 Å². The van der Waals surface area contributed by atoms with Gasteiger partial charge in [0.2, 0.25) is 0 Å². The van der Waals surface area contributed by atoms with Crippen molar-refractivity contribution < 1.29 is 23.3 Å². The van der Waals surface area contributed by atoms with Crippen molar-refractivity contribution in [2.45, 2.75) is 107 Å². The van der Waals surface area contributed by atoms with Gasteiger partial charge < -0.3 is 14.9 Å². The molecule has 0 amide bonds. The van der Waals surface area contributed by atoms with Crippen LogP contribution in [0.2, 0.25) is 0 Å². The second kappa shape index (κ2) is 22.1. The topological polar surface area (TPSA) is 0 Å². The predicted molar refractivity (Wildman–Crippen MR) is 153 cm³/mol. The molecule has 190 valence electrons. The summed E-state index contributed by atoms with van der Waals surface area (Å²) in [6.07, 6.45) is 21.4. The Kier molecular flexibility index (Phi) is 29.6. The molecule has 2 aliphatic carbocycles. The minimum absolute atomic E-state index is 0. The van der Waals surface area contributed by atoms with Gasteiger partial charge in [0.15, 0.2) is 0 Å². The molecule has 0 atom stereocenters. The molecule has 0 aliphatic heterocycles. The fourth-order valence-electron chi connectivity index (χ4n) is 3.06. The Morgan fingerprint density at radius 3 is 1.19 bits per heavy atom. The molecule has 0 aromatic heterocycles. The average Bonchev–Trinajstić information content (AvgIpc) is 3.29. The van der Waals surface area contributed by atoms with Crippen molar-refractivity contribution in [3.8, 4) is 0 Å². The minimum atomic E-state index is 0. The Morgan fingerprint density at radius 2 is 1.00 bits per heavy atom. The van der Waals surface area contributed by atoms with Crippen molar-refractivity contribution >= 4 is 31.7 Å². The van der Waals surface area contributed by atoms with Crippen LogP contribution in [0, 0.1) is 37.8 Å². The van der Waals surface area contributed by atoms with Gasteiger partial charge in [-0.05, 0) is 10.8 Å². The first-order valence-corrected chi connectivity index (χ1v) is 17.0. The van der Waals surface area contributed by atoms with Gasteiger partial charge >= 0.3 is 30.2 Å². The molecule has 0 N–H and O–H groups in total. The number of halogens is 2. The van der Waals surface area contributed by atoms with E-state index in [0.717, 1.165) is 12.8 Å². The predicted octanol–water partition coefficient (Wildman–Crippen LogP) is 9.39. The zero-order valence-corrected chi connectivity index (χ0v) is 28.3. The summed E-state index contributed by atoms with van der Waals surface area (Å²) in [5.74, 6) is 0. The van der Waals surface area contributed by atoms with E-state index in [1.54, 1.807) is 34.5 Å². The van der Waals surface area contributed by atoms with Gasteiger partial charge in [-0.1, -0.05) is 93.9 Å². The van der Waals surface area contributed by atoms with Crippen molar-refractivity contribution in [1.82, 2.24) is 0 Å². The molecule has 0 aromatic carbocycles. The molecule has 0 aromatic rings. The van der Waals surface area contributed by atoms with E-state index < -0.39 is 0 Å². The monoisotopic (exact) mass is 576 g/mol. The first-order chi connectivity index (χ1) is 13.1. The van der Waals surface area contributed by atoms with E-state index in [0.29, 0.717) is 10.8 Å². The summed E-state index contributed by atoms with van der Waals surface area (Å²) in [4.78, 5) is 0. The fourth-order valence-corrected chi connectivity index (χ4v) is 3.06. The fraction of sp³-hybridized carbons (Fsp3) is 0.643. The van der Waals surface area contributed by atoms with Crippen LogP contribution >= 0.6 is 24.8 Å². The van der Waals surface area contributed by atoms with Gasteiger partial charge in [0.25, 0.3) is 0 Å². The van der Waals surface area contributed by atoms with Gasteiger partial charge in [0.1, 0.15) is 0 Å². The molecule has 32 heavy (non-hydrogen) atoms. The van der Waals surface area contributed by atoms with Gasteiger partial charge in [0, 0.05) is 0 Å². The van der Waals surface area contributed by atoms with Crippen molar-refractivity contribution in [2.75, 3.05) is 0 Å². The molecule has 0 saturated heterocycles. The summed E-state index contributed by atoms with van der Waals surface area (Å²) in [5, 5.41) is 0. The summed E-state index contributed by atoms with van der Waals surface area (Å²) >= 11 is 1.58. The molecular weight excluding hydrogens is 527 g/mol. The third-order valence-corrected chi connectivity index (χ3v) is 5.23. The van der Waals surface area contributed by atoms with Crippen molar-refractivity contribution in [1.29, 1.82) is 0 Å². The van der Waals surface area contributed by atoms with Crippen molar-refractivity contribution in [3.05, 3.63) is 61.4 Å². The molecule has 2 rings (SSSR count). The van der Waals surface area contributed by atoms with Gasteiger partial charge in [-0.25, -0.2) is 23.3 Å². The molecule has 0 fully saturated rings. The number of hydrogen-bond acceptors (Lipinski definition) is 0. The number of rotatable bonds is 6. The molecule has 0 heterocycles. The van der Waals surface area contributed by atoms with E-state index in [-0.39, 0.29) is 39.7 Å². The molecule has 4 heteroatoms. The normalized spacial score (nSPS) is 14.1. The zero-order valence-electron chi connectivity index (χ0n) is 22.8. The number of allylic oxidation sites excluding steroid dienone is 8. The Labute approximate surface area is 232 Å². The third kappa shape index (κ3) is 18.0. The van der Waals surface area contributed by atoms with Crippen LogP contribution in [0.5, 0.6) is 0 Å². The van der Waals surface area contributed by atoms with Crippen LogP contribution in [0.15, 0.2) is 34.4 Å². The molecule has 0 saturated carbocycles. The molecule has 0 radical (unpaired) electrons.